The summed E-state index contributed by atoms with van der Waals surface area (Å²) in [5.74, 6) is -2.73. The Morgan fingerprint density at radius 3 is 2.62 bits per heavy atom. The minimum atomic E-state index is -0.680. The van der Waals surface area contributed by atoms with Crippen molar-refractivity contribution in [2.45, 2.75) is 38.7 Å². The predicted octanol–water partition coefficient (Wildman–Crippen LogP) is 6.61. The van der Waals surface area contributed by atoms with Gasteiger partial charge in [0.05, 0.1) is 35.2 Å². The zero-order chi connectivity index (χ0) is 31.7. The lowest BCUT2D eigenvalue weighted by Crippen LogP contribution is -2.35. The summed E-state index contributed by atoms with van der Waals surface area (Å²) in [5.41, 5.74) is 3.64. The number of para-hydroxylation sites is 1. The van der Waals surface area contributed by atoms with Crippen molar-refractivity contribution in [1.82, 2.24) is 0 Å². The van der Waals surface area contributed by atoms with Crippen molar-refractivity contribution in [3.63, 3.8) is 0 Å². The number of hydrogen-bond acceptors (Lipinski definition) is 7. The summed E-state index contributed by atoms with van der Waals surface area (Å²) in [7, 11) is 0. The number of phenols is 1. The molecule has 3 aromatic carbocycles. The number of fused-ring (bicyclic) bond motifs is 3. The molecule has 0 saturated carbocycles. The van der Waals surface area contributed by atoms with Crippen LogP contribution in [0.2, 0.25) is 0 Å². The molecule has 0 bridgehead atoms. The number of imide groups is 1. The molecule has 4 atom stereocenters. The number of non-ortho nitro benzene ring substituents is 1. The Morgan fingerprint density at radius 1 is 1.09 bits per heavy atom. The van der Waals surface area contributed by atoms with Gasteiger partial charge in [0.1, 0.15) is 12.4 Å². The molecule has 10 heteroatoms. The average Bonchev–Trinajstić information content (AvgIpc) is 3.58. The molecule has 9 nitrogen and oxygen atoms in total. The summed E-state index contributed by atoms with van der Waals surface area (Å²) < 4.78 is 26.4. The van der Waals surface area contributed by atoms with E-state index in [0.29, 0.717) is 30.6 Å². The van der Waals surface area contributed by atoms with Crippen molar-refractivity contribution in [3.05, 3.63) is 111 Å². The van der Waals surface area contributed by atoms with Gasteiger partial charge in [0.25, 0.3) is 5.69 Å². The van der Waals surface area contributed by atoms with Crippen LogP contribution < -0.4 is 9.64 Å². The van der Waals surface area contributed by atoms with Crippen molar-refractivity contribution >= 4 is 29.3 Å². The van der Waals surface area contributed by atoms with Gasteiger partial charge in [-0.2, -0.15) is 0 Å². The molecule has 6 rings (SSSR count). The first kappa shape index (κ1) is 30.2. The molecule has 2 aliphatic heterocycles. The van der Waals surface area contributed by atoms with E-state index in [1.807, 2.05) is 43.3 Å². The third-order valence-electron chi connectivity index (χ3n) is 8.99. The molecule has 1 aliphatic carbocycles. The Kier molecular flexibility index (Phi) is 8.49. The summed E-state index contributed by atoms with van der Waals surface area (Å²) in [6, 6.07) is 19.3. The number of anilines is 1. The van der Waals surface area contributed by atoms with E-state index in [0.717, 1.165) is 28.0 Å². The van der Waals surface area contributed by atoms with Crippen molar-refractivity contribution in [2.75, 3.05) is 18.1 Å². The first-order valence-corrected chi connectivity index (χ1v) is 15.1. The largest absolute Gasteiger partial charge is 0.505 e. The molecule has 45 heavy (non-hydrogen) atoms. The van der Waals surface area contributed by atoms with Gasteiger partial charge in [-0.15, -0.1) is 0 Å². The van der Waals surface area contributed by atoms with Crippen LogP contribution in [-0.2, 0) is 14.3 Å². The lowest BCUT2D eigenvalue weighted by Gasteiger charge is -2.31. The minimum Gasteiger partial charge on any atom is -0.505 e. The fourth-order valence-corrected chi connectivity index (χ4v) is 6.81. The minimum absolute atomic E-state index is 0.191. The number of amides is 2. The third-order valence-corrected chi connectivity index (χ3v) is 8.99. The van der Waals surface area contributed by atoms with E-state index >= 15 is 0 Å². The Balaban J connectivity index is 1.28. The molecule has 2 saturated heterocycles. The summed E-state index contributed by atoms with van der Waals surface area (Å²) in [6.45, 7) is 2.53. The highest BCUT2D eigenvalue weighted by Crippen LogP contribution is 2.51. The quantitative estimate of drug-likeness (QED) is 0.118. The zero-order valence-electron chi connectivity index (χ0n) is 24.7. The smallest absolute Gasteiger partial charge is 0.271 e. The maximum Gasteiger partial charge on any atom is 0.271 e. The van der Waals surface area contributed by atoms with E-state index in [4.69, 9.17) is 9.47 Å². The molecule has 0 spiro atoms. The van der Waals surface area contributed by atoms with Crippen molar-refractivity contribution in [2.24, 2.45) is 17.8 Å². The van der Waals surface area contributed by atoms with Gasteiger partial charge in [0, 0.05) is 18.1 Å². The Morgan fingerprint density at radius 2 is 1.89 bits per heavy atom. The number of nitro benzene ring substituents is 1. The van der Waals surface area contributed by atoms with Crippen LogP contribution in [0.25, 0.3) is 6.08 Å². The van der Waals surface area contributed by atoms with Gasteiger partial charge in [-0.3, -0.25) is 19.7 Å². The number of benzene rings is 3. The van der Waals surface area contributed by atoms with Crippen molar-refractivity contribution in [3.8, 4) is 11.5 Å². The molecule has 0 unspecified atom stereocenters. The molecule has 3 aliphatic rings. The van der Waals surface area contributed by atoms with Gasteiger partial charge >= 0.3 is 0 Å². The summed E-state index contributed by atoms with van der Waals surface area (Å²) in [4.78, 5) is 39.6. The van der Waals surface area contributed by atoms with Gasteiger partial charge in [-0.1, -0.05) is 48.9 Å². The standard InChI is InChI=1S/C35H33FN2O7/c1-2-21(15-22-11-13-30(39)29(36)16-22)12-14-31-32-23(19-44-26-9-4-3-5-10-26)17-27-33(28(32)20-45-31)35(41)37(34(27)40)24-7-6-8-25(18-24)38(42)43/h3-11,13,15-16,18,27-28,31,33,39H,2,12,14,17,19-20H2,1H3/b21-15+/t27-,28+,31-,33-/m1/s1. The lowest BCUT2D eigenvalue weighted by molar-refractivity contribution is -0.384. The van der Waals surface area contributed by atoms with Gasteiger partial charge < -0.3 is 14.6 Å². The van der Waals surface area contributed by atoms with Crippen LogP contribution >= 0.6 is 0 Å². The second-order valence-electron chi connectivity index (χ2n) is 11.6. The van der Waals surface area contributed by atoms with Crippen LogP contribution in [-0.4, -0.2) is 41.2 Å². The highest BCUT2D eigenvalue weighted by molar-refractivity contribution is 6.22. The normalized spacial score (nSPS) is 22.9. The van der Waals surface area contributed by atoms with Gasteiger partial charge in [0.15, 0.2) is 11.6 Å². The summed E-state index contributed by atoms with van der Waals surface area (Å²) in [6.07, 6.45) is 3.95. The fourth-order valence-electron chi connectivity index (χ4n) is 6.81. The first-order chi connectivity index (χ1) is 21.7. The van der Waals surface area contributed by atoms with Crippen LogP contribution in [0, 0.1) is 33.7 Å². The maximum atomic E-state index is 13.9. The number of rotatable bonds is 10. The van der Waals surface area contributed by atoms with E-state index < -0.39 is 28.3 Å². The van der Waals surface area contributed by atoms with E-state index in [9.17, 15) is 29.2 Å². The Hall–Kier alpha value is -4.83. The maximum absolute atomic E-state index is 13.9. The topological polar surface area (TPSA) is 119 Å². The average molecular weight is 613 g/mol. The van der Waals surface area contributed by atoms with Crippen LogP contribution in [0.4, 0.5) is 15.8 Å². The van der Waals surface area contributed by atoms with Gasteiger partial charge in [0.2, 0.25) is 11.8 Å². The molecule has 2 amide bonds. The number of ether oxygens (including phenoxy) is 2. The SMILES string of the molecule is CC/C(=C\c1ccc(O)c(F)c1)CC[C@H]1OC[C@H]2C1=C(COc1ccccc1)C[C@H]1C(=O)N(c3cccc([N+](=O)[O-])c3)C(=O)[C@H]12. The number of nitrogens with zero attached hydrogens (tertiary/aromatic N) is 2. The Labute approximate surface area is 259 Å². The van der Waals surface area contributed by atoms with Crippen LogP contribution in [0.3, 0.4) is 0 Å². The fraction of sp³-hybridized carbons (Fsp3) is 0.314. The summed E-state index contributed by atoms with van der Waals surface area (Å²) in [5, 5.41) is 21.0. The number of aromatic hydroxyl groups is 1. The van der Waals surface area contributed by atoms with Crippen LogP contribution in [0.15, 0.2) is 89.5 Å². The highest BCUT2D eigenvalue weighted by Gasteiger charge is 2.57. The number of carbonyl (C=O) groups excluding carboxylic acids is 2. The number of carbonyl (C=O) groups is 2. The predicted molar refractivity (Wildman–Crippen MR) is 165 cm³/mol. The van der Waals surface area contributed by atoms with E-state index in [-0.39, 0.29) is 48.4 Å². The molecule has 3 aromatic rings. The number of hydrogen-bond donors (Lipinski definition) is 1. The molecule has 2 heterocycles. The number of nitro groups is 1. The van der Waals surface area contributed by atoms with Gasteiger partial charge in [-0.25, -0.2) is 9.29 Å². The Bertz CT molecular complexity index is 1700. The molecule has 0 radical (unpaired) electrons. The van der Waals surface area contributed by atoms with Crippen molar-refractivity contribution in [1.29, 1.82) is 0 Å². The second kappa shape index (κ2) is 12.6. The molecular formula is C35H33FN2O7. The molecule has 232 valence electrons. The van der Waals surface area contributed by atoms with E-state index in [1.165, 1.54) is 30.3 Å². The van der Waals surface area contributed by atoms with Gasteiger partial charge in [-0.05, 0) is 72.7 Å². The zero-order valence-corrected chi connectivity index (χ0v) is 24.7. The van der Waals surface area contributed by atoms with Crippen LogP contribution in [0.5, 0.6) is 11.5 Å². The molecule has 0 aromatic heterocycles. The number of phenolic OH excluding ortho intramolecular Hbond substituents is 1. The third kappa shape index (κ3) is 5.98. The lowest BCUT2D eigenvalue weighted by atomic mass is 9.69. The first-order valence-electron chi connectivity index (χ1n) is 15.1. The monoisotopic (exact) mass is 612 g/mol. The van der Waals surface area contributed by atoms with E-state index in [1.54, 1.807) is 12.1 Å². The number of halogens is 1. The van der Waals surface area contributed by atoms with E-state index in [2.05, 4.69) is 0 Å². The molecular weight excluding hydrogens is 579 g/mol. The molecule has 1 N–H and O–H groups in total. The summed E-state index contributed by atoms with van der Waals surface area (Å²) >= 11 is 0. The highest BCUT2D eigenvalue weighted by atomic mass is 19.1. The van der Waals surface area contributed by atoms with Crippen LogP contribution in [0.1, 0.15) is 38.2 Å². The number of allylic oxidation sites excluding steroid dienone is 1. The molecule has 2 fully saturated rings. The van der Waals surface area contributed by atoms with Crippen molar-refractivity contribution < 1.29 is 33.5 Å². The second-order valence-corrected chi connectivity index (χ2v) is 11.6.